The van der Waals surface area contributed by atoms with Crippen molar-refractivity contribution >= 4 is 17.2 Å². The predicted octanol–water partition coefficient (Wildman–Crippen LogP) is 0.722. The lowest BCUT2D eigenvalue weighted by atomic mass is 10.3. The Kier molecular flexibility index (Phi) is 3.16. The number of carbonyl (C=O) groups is 1. The van der Waals surface area contributed by atoms with Crippen molar-refractivity contribution in [3.8, 4) is 0 Å². The van der Waals surface area contributed by atoms with E-state index in [0.29, 0.717) is 6.42 Å². The molecule has 0 spiro atoms. The van der Waals surface area contributed by atoms with Gasteiger partial charge in [0, 0.05) is 31.1 Å². The first-order valence-electron chi connectivity index (χ1n) is 4.87. The summed E-state index contributed by atoms with van der Waals surface area (Å²) in [4.78, 5) is 14.9. The molecule has 0 aromatic carbocycles. The number of amides is 1. The normalized spacial score (nSPS) is 17.0. The molecule has 2 rings (SSSR count). The molecule has 3 nitrogen and oxygen atoms in total. The lowest BCUT2D eigenvalue weighted by Crippen LogP contribution is -2.46. The molecule has 0 bridgehead atoms. The summed E-state index contributed by atoms with van der Waals surface area (Å²) in [6.07, 6.45) is 0.567. The number of nitrogens with zero attached hydrogens (tertiary/aromatic N) is 1. The van der Waals surface area contributed by atoms with Crippen LogP contribution in [0, 0.1) is 0 Å². The number of rotatable bonds is 2. The van der Waals surface area contributed by atoms with Crippen LogP contribution in [0.3, 0.4) is 0 Å². The van der Waals surface area contributed by atoms with Gasteiger partial charge in [-0.05, 0) is 11.4 Å². The van der Waals surface area contributed by atoms with Crippen molar-refractivity contribution in [3.05, 3.63) is 22.4 Å². The van der Waals surface area contributed by atoms with Crippen LogP contribution in [-0.2, 0) is 11.2 Å². The van der Waals surface area contributed by atoms with E-state index in [1.165, 1.54) is 0 Å². The molecule has 0 aliphatic carbocycles. The van der Waals surface area contributed by atoms with E-state index in [1.807, 2.05) is 22.4 Å². The molecule has 0 radical (unpaired) electrons. The molecule has 4 heteroatoms. The Morgan fingerprint density at radius 1 is 1.50 bits per heavy atom. The lowest BCUT2D eigenvalue weighted by Gasteiger charge is -2.27. The first-order valence-corrected chi connectivity index (χ1v) is 5.75. The molecular formula is C10H14N2OS. The molecule has 76 valence electrons. The SMILES string of the molecule is O=C(Cc1cccs1)N1CCNCC1. The summed E-state index contributed by atoms with van der Waals surface area (Å²) in [5.41, 5.74) is 0. The Bertz CT molecular complexity index is 291. The highest BCUT2D eigenvalue weighted by Crippen LogP contribution is 2.10. The average molecular weight is 210 g/mol. The molecule has 0 unspecified atom stereocenters. The van der Waals surface area contributed by atoms with E-state index in [-0.39, 0.29) is 5.91 Å². The minimum atomic E-state index is 0.258. The van der Waals surface area contributed by atoms with E-state index in [4.69, 9.17) is 0 Å². The minimum Gasteiger partial charge on any atom is -0.340 e. The Balaban J connectivity index is 1.88. The van der Waals surface area contributed by atoms with Crippen LogP contribution in [0.15, 0.2) is 17.5 Å². The van der Waals surface area contributed by atoms with Crippen LogP contribution < -0.4 is 5.32 Å². The van der Waals surface area contributed by atoms with Gasteiger partial charge >= 0.3 is 0 Å². The van der Waals surface area contributed by atoms with Crippen molar-refractivity contribution in [1.82, 2.24) is 10.2 Å². The van der Waals surface area contributed by atoms with E-state index < -0.39 is 0 Å². The van der Waals surface area contributed by atoms with Gasteiger partial charge in [0.25, 0.3) is 0 Å². The highest BCUT2D eigenvalue weighted by Gasteiger charge is 2.16. The second kappa shape index (κ2) is 4.57. The summed E-state index contributed by atoms with van der Waals surface area (Å²) in [7, 11) is 0. The van der Waals surface area contributed by atoms with Gasteiger partial charge < -0.3 is 10.2 Å². The van der Waals surface area contributed by atoms with E-state index >= 15 is 0 Å². The van der Waals surface area contributed by atoms with Gasteiger partial charge in [0.1, 0.15) is 0 Å². The third-order valence-electron chi connectivity index (χ3n) is 2.38. The van der Waals surface area contributed by atoms with Gasteiger partial charge in [-0.3, -0.25) is 4.79 Å². The van der Waals surface area contributed by atoms with Gasteiger partial charge in [0.05, 0.1) is 6.42 Å². The molecule has 2 heterocycles. The Hall–Kier alpha value is -0.870. The average Bonchev–Trinajstić information content (AvgIpc) is 2.72. The second-order valence-corrected chi connectivity index (χ2v) is 4.42. The molecule has 0 atom stereocenters. The largest absolute Gasteiger partial charge is 0.340 e. The van der Waals surface area contributed by atoms with Crippen molar-refractivity contribution in [2.24, 2.45) is 0 Å². The minimum absolute atomic E-state index is 0.258. The Labute approximate surface area is 87.7 Å². The predicted molar refractivity (Wildman–Crippen MR) is 57.5 cm³/mol. The van der Waals surface area contributed by atoms with Crippen LogP contribution in [0.4, 0.5) is 0 Å². The molecule has 1 aliphatic heterocycles. The molecule has 1 amide bonds. The van der Waals surface area contributed by atoms with Gasteiger partial charge in [0.15, 0.2) is 0 Å². The summed E-state index contributed by atoms with van der Waals surface area (Å²) >= 11 is 1.65. The van der Waals surface area contributed by atoms with Crippen molar-refractivity contribution < 1.29 is 4.79 Å². The van der Waals surface area contributed by atoms with Gasteiger partial charge in [-0.15, -0.1) is 11.3 Å². The summed E-state index contributed by atoms with van der Waals surface area (Å²) in [5, 5.41) is 5.25. The molecule has 1 aliphatic rings. The maximum absolute atomic E-state index is 11.8. The fourth-order valence-electron chi connectivity index (χ4n) is 1.59. The molecule has 1 fully saturated rings. The standard InChI is InChI=1S/C10H14N2OS/c13-10(8-9-2-1-7-14-9)12-5-3-11-4-6-12/h1-2,7,11H,3-6,8H2. The van der Waals surface area contributed by atoms with Gasteiger partial charge in [-0.1, -0.05) is 6.07 Å². The van der Waals surface area contributed by atoms with Crippen LogP contribution in [0.25, 0.3) is 0 Å². The number of hydrogen-bond donors (Lipinski definition) is 1. The molecule has 14 heavy (non-hydrogen) atoms. The summed E-state index contributed by atoms with van der Waals surface area (Å²) in [6.45, 7) is 3.56. The monoisotopic (exact) mass is 210 g/mol. The van der Waals surface area contributed by atoms with Crippen LogP contribution in [0.1, 0.15) is 4.88 Å². The highest BCUT2D eigenvalue weighted by atomic mass is 32.1. The fraction of sp³-hybridized carbons (Fsp3) is 0.500. The van der Waals surface area contributed by atoms with Crippen LogP contribution >= 0.6 is 11.3 Å². The second-order valence-electron chi connectivity index (χ2n) is 3.39. The Morgan fingerprint density at radius 2 is 2.29 bits per heavy atom. The first kappa shape index (κ1) is 9.68. The number of piperazine rings is 1. The fourth-order valence-corrected chi connectivity index (χ4v) is 2.28. The summed E-state index contributed by atoms with van der Waals surface area (Å²) < 4.78 is 0. The molecular weight excluding hydrogens is 196 g/mol. The maximum Gasteiger partial charge on any atom is 0.227 e. The number of carbonyl (C=O) groups excluding carboxylic acids is 1. The topological polar surface area (TPSA) is 32.3 Å². The zero-order chi connectivity index (χ0) is 9.80. The van der Waals surface area contributed by atoms with Gasteiger partial charge in [-0.25, -0.2) is 0 Å². The highest BCUT2D eigenvalue weighted by molar-refractivity contribution is 7.10. The molecule has 1 saturated heterocycles. The van der Waals surface area contributed by atoms with Crippen molar-refractivity contribution in [2.75, 3.05) is 26.2 Å². The molecule has 1 N–H and O–H groups in total. The van der Waals surface area contributed by atoms with E-state index in [9.17, 15) is 4.79 Å². The quantitative estimate of drug-likeness (QED) is 0.780. The van der Waals surface area contributed by atoms with E-state index in [0.717, 1.165) is 31.1 Å². The van der Waals surface area contributed by atoms with Gasteiger partial charge in [-0.2, -0.15) is 0 Å². The third kappa shape index (κ3) is 2.33. The number of thiophene rings is 1. The number of hydrogen-bond acceptors (Lipinski definition) is 3. The zero-order valence-corrected chi connectivity index (χ0v) is 8.85. The molecule has 1 aromatic rings. The zero-order valence-electron chi connectivity index (χ0n) is 8.03. The Morgan fingerprint density at radius 3 is 2.93 bits per heavy atom. The van der Waals surface area contributed by atoms with Crippen molar-refractivity contribution in [1.29, 1.82) is 0 Å². The maximum atomic E-state index is 11.8. The molecule has 1 aromatic heterocycles. The van der Waals surface area contributed by atoms with E-state index in [1.54, 1.807) is 11.3 Å². The van der Waals surface area contributed by atoms with Crippen LogP contribution in [0.5, 0.6) is 0 Å². The van der Waals surface area contributed by atoms with Crippen molar-refractivity contribution in [2.45, 2.75) is 6.42 Å². The number of nitrogens with one attached hydrogen (secondary N) is 1. The molecule has 0 saturated carbocycles. The smallest absolute Gasteiger partial charge is 0.227 e. The van der Waals surface area contributed by atoms with E-state index in [2.05, 4.69) is 5.32 Å². The van der Waals surface area contributed by atoms with Gasteiger partial charge in [0.2, 0.25) is 5.91 Å². The summed E-state index contributed by atoms with van der Waals surface area (Å²) in [5.74, 6) is 0.258. The summed E-state index contributed by atoms with van der Waals surface area (Å²) in [6, 6.07) is 4.01. The third-order valence-corrected chi connectivity index (χ3v) is 3.25. The van der Waals surface area contributed by atoms with Crippen LogP contribution in [0.2, 0.25) is 0 Å². The first-order chi connectivity index (χ1) is 6.86. The van der Waals surface area contributed by atoms with Crippen LogP contribution in [-0.4, -0.2) is 37.0 Å². The lowest BCUT2D eigenvalue weighted by molar-refractivity contribution is -0.130. The van der Waals surface area contributed by atoms with Crippen molar-refractivity contribution in [3.63, 3.8) is 0 Å².